The van der Waals surface area contributed by atoms with Gasteiger partial charge in [-0.15, -0.1) is 0 Å². The average Bonchev–Trinajstić information content (AvgIpc) is 2.44. The van der Waals surface area contributed by atoms with E-state index in [0.29, 0.717) is 23.4 Å². The van der Waals surface area contributed by atoms with Crippen LogP contribution < -0.4 is 0 Å². The highest BCUT2D eigenvalue weighted by Gasteiger charge is 2.19. The summed E-state index contributed by atoms with van der Waals surface area (Å²) < 4.78 is 27.3. The lowest BCUT2D eigenvalue weighted by Crippen LogP contribution is -2.31. The lowest BCUT2D eigenvalue weighted by molar-refractivity contribution is 0.238. The summed E-state index contributed by atoms with van der Waals surface area (Å²) in [4.78, 5) is 9.21. The van der Waals surface area contributed by atoms with Crippen LogP contribution in [0.4, 0.5) is 8.78 Å². The molecule has 0 saturated carbocycles. The van der Waals surface area contributed by atoms with E-state index < -0.39 is 11.6 Å². The Morgan fingerprint density at radius 1 is 1.35 bits per heavy atom. The first kappa shape index (κ1) is 13.3. The van der Waals surface area contributed by atoms with Gasteiger partial charge in [0.25, 0.3) is 0 Å². The van der Waals surface area contributed by atoms with Gasteiger partial charge in [0.15, 0.2) is 16.4 Å². The molecule has 0 unspecified atom stereocenters. The number of H-pyrrole nitrogens is 1. The molecular weight excluding hydrogens is 280 g/mol. The van der Waals surface area contributed by atoms with Crippen LogP contribution in [0.2, 0.25) is 0 Å². The van der Waals surface area contributed by atoms with Gasteiger partial charge in [-0.25, -0.2) is 13.8 Å². The maximum absolute atomic E-state index is 13.7. The van der Waals surface area contributed by atoms with E-state index in [-0.39, 0.29) is 0 Å². The topological polar surface area (TPSA) is 31.9 Å². The number of fused-ring (bicyclic) bond motifs is 1. The van der Waals surface area contributed by atoms with Crippen LogP contribution in [0.5, 0.6) is 0 Å². The van der Waals surface area contributed by atoms with Crippen LogP contribution in [0, 0.1) is 16.4 Å². The molecule has 2 aromatic rings. The number of aromatic amines is 1. The van der Waals surface area contributed by atoms with Gasteiger partial charge >= 0.3 is 0 Å². The second-order valence-corrected chi connectivity index (χ2v) is 5.25. The van der Waals surface area contributed by atoms with Crippen molar-refractivity contribution in [1.82, 2.24) is 14.9 Å². The zero-order valence-electron chi connectivity index (χ0n) is 10.7. The van der Waals surface area contributed by atoms with Gasteiger partial charge in [0.2, 0.25) is 0 Å². The molecule has 2 heterocycles. The molecule has 1 N–H and O–H groups in total. The number of aromatic nitrogens is 2. The van der Waals surface area contributed by atoms with Crippen LogP contribution in [0.3, 0.4) is 0 Å². The van der Waals surface area contributed by atoms with Crippen LogP contribution in [0.1, 0.15) is 16.8 Å². The van der Waals surface area contributed by atoms with Gasteiger partial charge in [-0.2, -0.15) is 0 Å². The number of benzene rings is 1. The van der Waals surface area contributed by atoms with Crippen molar-refractivity contribution in [3.8, 4) is 0 Å². The minimum Gasteiger partial charge on any atom is -0.334 e. The molecule has 1 aliphatic heterocycles. The van der Waals surface area contributed by atoms with Crippen molar-refractivity contribution >= 4 is 12.2 Å². The Balaban J connectivity index is 1.79. The molecule has 0 atom stereocenters. The summed E-state index contributed by atoms with van der Waals surface area (Å²) >= 11 is 4.99. The standard InChI is InChI=1S/C14H13F2N3S/c15-11-3-1-2-9(13(11)16)7-19-5-4-12-10(8-19)6-17-14(20)18-12/h1-3,6H,4-5,7-8H2,(H,17,18,20). The minimum absolute atomic E-state index is 0.380. The third-order valence-corrected chi connectivity index (χ3v) is 3.69. The van der Waals surface area contributed by atoms with Gasteiger partial charge in [0.05, 0.1) is 0 Å². The number of nitrogens with one attached hydrogen (secondary N) is 1. The van der Waals surface area contributed by atoms with E-state index in [1.807, 2.05) is 0 Å². The van der Waals surface area contributed by atoms with Crippen molar-refractivity contribution in [2.75, 3.05) is 6.54 Å². The first-order valence-electron chi connectivity index (χ1n) is 6.36. The van der Waals surface area contributed by atoms with Gasteiger partial charge in [0, 0.05) is 49.1 Å². The van der Waals surface area contributed by atoms with Crippen molar-refractivity contribution < 1.29 is 8.78 Å². The van der Waals surface area contributed by atoms with Crippen LogP contribution in [-0.4, -0.2) is 21.4 Å². The van der Waals surface area contributed by atoms with Crippen LogP contribution >= 0.6 is 12.2 Å². The first-order chi connectivity index (χ1) is 9.63. The number of hydrogen-bond donors (Lipinski definition) is 1. The monoisotopic (exact) mass is 293 g/mol. The smallest absolute Gasteiger partial charge is 0.196 e. The van der Waals surface area contributed by atoms with E-state index in [1.165, 1.54) is 6.07 Å². The number of rotatable bonds is 2. The molecule has 104 valence electrons. The van der Waals surface area contributed by atoms with E-state index in [1.54, 1.807) is 12.3 Å². The minimum atomic E-state index is -0.800. The molecule has 1 aromatic carbocycles. The molecule has 0 radical (unpaired) electrons. The molecule has 0 aliphatic carbocycles. The Hall–Kier alpha value is -1.66. The molecule has 0 amide bonds. The highest BCUT2D eigenvalue weighted by Crippen LogP contribution is 2.20. The van der Waals surface area contributed by atoms with E-state index in [0.717, 1.165) is 30.3 Å². The SMILES string of the molecule is Fc1cccc(CN2CCc3[nH]c(=S)ncc3C2)c1F. The Morgan fingerprint density at radius 3 is 3.05 bits per heavy atom. The van der Waals surface area contributed by atoms with Crippen molar-refractivity contribution in [3.63, 3.8) is 0 Å². The molecule has 6 heteroatoms. The zero-order chi connectivity index (χ0) is 14.1. The van der Waals surface area contributed by atoms with E-state index >= 15 is 0 Å². The molecular formula is C14H13F2N3S. The fraction of sp³-hybridized carbons (Fsp3) is 0.286. The number of nitrogens with zero attached hydrogens (tertiary/aromatic N) is 2. The summed E-state index contributed by atoms with van der Waals surface area (Å²) in [6.45, 7) is 1.82. The Kier molecular flexibility index (Phi) is 3.58. The molecule has 1 aliphatic rings. The predicted octanol–water partition coefficient (Wildman–Crippen LogP) is 2.98. The van der Waals surface area contributed by atoms with E-state index in [4.69, 9.17) is 12.2 Å². The molecule has 0 fully saturated rings. The van der Waals surface area contributed by atoms with Crippen LogP contribution in [0.15, 0.2) is 24.4 Å². The highest BCUT2D eigenvalue weighted by molar-refractivity contribution is 7.71. The van der Waals surface area contributed by atoms with Crippen LogP contribution in [0.25, 0.3) is 0 Å². The summed E-state index contributed by atoms with van der Waals surface area (Å²) in [5.74, 6) is -1.56. The Bertz CT molecular complexity index is 699. The quantitative estimate of drug-likeness (QED) is 0.864. The highest BCUT2D eigenvalue weighted by atomic mass is 32.1. The third-order valence-electron chi connectivity index (χ3n) is 3.48. The zero-order valence-corrected chi connectivity index (χ0v) is 11.5. The second-order valence-electron chi connectivity index (χ2n) is 4.87. The van der Waals surface area contributed by atoms with Crippen molar-refractivity contribution in [3.05, 3.63) is 57.6 Å². The first-order valence-corrected chi connectivity index (χ1v) is 6.76. The molecule has 3 nitrogen and oxygen atoms in total. The fourth-order valence-electron chi connectivity index (χ4n) is 2.45. The maximum Gasteiger partial charge on any atom is 0.196 e. The lowest BCUT2D eigenvalue weighted by atomic mass is 10.1. The molecule has 0 bridgehead atoms. The third kappa shape index (κ3) is 2.62. The van der Waals surface area contributed by atoms with Gasteiger partial charge < -0.3 is 4.98 Å². The second kappa shape index (κ2) is 5.38. The van der Waals surface area contributed by atoms with E-state index in [9.17, 15) is 8.78 Å². The Labute approximate surface area is 120 Å². The number of hydrogen-bond acceptors (Lipinski definition) is 3. The average molecular weight is 293 g/mol. The molecule has 20 heavy (non-hydrogen) atoms. The summed E-state index contributed by atoms with van der Waals surface area (Å²) in [5.41, 5.74) is 2.52. The summed E-state index contributed by atoms with van der Waals surface area (Å²) in [6.07, 6.45) is 2.56. The van der Waals surface area contributed by atoms with Gasteiger partial charge in [-0.1, -0.05) is 12.1 Å². The van der Waals surface area contributed by atoms with Crippen LogP contribution in [-0.2, 0) is 19.5 Å². The van der Waals surface area contributed by atoms with Gasteiger partial charge in [-0.05, 0) is 18.3 Å². The Morgan fingerprint density at radius 2 is 2.20 bits per heavy atom. The normalized spacial score (nSPS) is 15.1. The maximum atomic E-state index is 13.7. The molecule has 1 aromatic heterocycles. The fourth-order valence-corrected chi connectivity index (χ4v) is 2.63. The van der Waals surface area contributed by atoms with Crippen molar-refractivity contribution in [2.45, 2.75) is 19.5 Å². The lowest BCUT2D eigenvalue weighted by Gasteiger charge is -2.28. The molecule has 0 saturated heterocycles. The molecule has 3 rings (SSSR count). The van der Waals surface area contributed by atoms with E-state index in [2.05, 4.69) is 14.9 Å². The number of halogens is 2. The van der Waals surface area contributed by atoms with Crippen molar-refractivity contribution in [2.24, 2.45) is 0 Å². The largest absolute Gasteiger partial charge is 0.334 e. The molecule has 0 spiro atoms. The summed E-state index contributed by atoms with van der Waals surface area (Å²) in [5, 5.41) is 0. The van der Waals surface area contributed by atoms with Crippen molar-refractivity contribution in [1.29, 1.82) is 0 Å². The summed E-state index contributed by atoms with van der Waals surface area (Å²) in [7, 11) is 0. The van der Waals surface area contributed by atoms with Gasteiger partial charge in [-0.3, -0.25) is 4.90 Å². The van der Waals surface area contributed by atoms with Gasteiger partial charge in [0.1, 0.15) is 0 Å². The summed E-state index contributed by atoms with van der Waals surface area (Å²) in [6, 6.07) is 4.28. The predicted molar refractivity (Wildman–Crippen MR) is 73.6 cm³/mol.